The van der Waals surface area contributed by atoms with Gasteiger partial charge in [-0.25, -0.2) is 4.39 Å². The molecule has 0 N–H and O–H groups in total. The molecule has 0 spiro atoms. The number of hydrogen-bond acceptors (Lipinski definition) is 3. The van der Waals surface area contributed by atoms with E-state index in [2.05, 4.69) is 0 Å². The second-order valence-corrected chi connectivity index (χ2v) is 2.08. The Kier molecular flexibility index (Phi) is 5.06. The van der Waals surface area contributed by atoms with Crippen molar-refractivity contribution in [3.63, 3.8) is 0 Å². The molecule has 0 aliphatic rings. The fourth-order valence-corrected chi connectivity index (χ4v) is 0.725. The van der Waals surface area contributed by atoms with Crippen molar-refractivity contribution in [3.05, 3.63) is 39.7 Å². The zero-order valence-corrected chi connectivity index (χ0v) is 7.86. The van der Waals surface area contributed by atoms with Crippen LogP contribution in [-0.4, -0.2) is 11.2 Å². The summed E-state index contributed by atoms with van der Waals surface area (Å²) in [6.07, 6.45) is 0.305. The highest BCUT2D eigenvalue weighted by atomic mass is 19.1. The van der Waals surface area contributed by atoms with Crippen LogP contribution in [0.2, 0.25) is 0 Å². The van der Waals surface area contributed by atoms with Crippen molar-refractivity contribution in [2.75, 3.05) is 0 Å². The molecule has 0 aliphatic carbocycles. The minimum Gasteiger partial charge on any atom is -0.298 e. The van der Waals surface area contributed by atoms with Gasteiger partial charge in [-0.15, -0.1) is 0 Å². The zero-order valence-electron chi connectivity index (χ0n) is 7.86. The third-order valence-electron chi connectivity index (χ3n) is 1.32. The molecule has 4 nitrogen and oxygen atoms in total. The molecule has 0 heterocycles. The van der Waals surface area contributed by atoms with E-state index in [9.17, 15) is 19.3 Å². The van der Waals surface area contributed by atoms with Crippen LogP contribution in [-0.2, 0) is 0 Å². The van der Waals surface area contributed by atoms with Crippen LogP contribution in [0, 0.1) is 15.9 Å². The Morgan fingerprint density at radius 3 is 2.36 bits per heavy atom. The van der Waals surface area contributed by atoms with E-state index in [1.54, 1.807) is 0 Å². The lowest BCUT2D eigenvalue weighted by molar-refractivity contribution is -0.385. The molecule has 1 aromatic rings. The monoisotopic (exact) mass is 199 g/mol. The van der Waals surface area contributed by atoms with Gasteiger partial charge >= 0.3 is 0 Å². The molecule has 0 aliphatic heterocycles. The van der Waals surface area contributed by atoms with Gasteiger partial charge in [0.2, 0.25) is 0 Å². The van der Waals surface area contributed by atoms with E-state index in [0.29, 0.717) is 12.4 Å². The fourth-order valence-electron chi connectivity index (χ4n) is 0.725. The van der Waals surface area contributed by atoms with Gasteiger partial charge in [0, 0.05) is 6.07 Å². The summed E-state index contributed by atoms with van der Waals surface area (Å²) in [5.41, 5.74) is -0.543. The summed E-state index contributed by atoms with van der Waals surface area (Å²) in [6, 6.07) is 2.86. The highest BCUT2D eigenvalue weighted by Gasteiger charge is 2.09. The molecule has 0 saturated carbocycles. The van der Waals surface area contributed by atoms with Gasteiger partial charge in [-0.1, -0.05) is 13.8 Å². The van der Waals surface area contributed by atoms with Crippen LogP contribution in [0.1, 0.15) is 24.2 Å². The highest BCUT2D eigenvalue weighted by Crippen LogP contribution is 2.14. The normalized spacial score (nSPS) is 8.50. The Morgan fingerprint density at radius 2 is 2.00 bits per heavy atom. The first-order valence-corrected chi connectivity index (χ1v) is 4.04. The molecule has 0 atom stereocenters. The number of benzene rings is 1. The molecule has 0 radical (unpaired) electrons. The predicted molar refractivity (Wildman–Crippen MR) is 49.8 cm³/mol. The van der Waals surface area contributed by atoms with Crippen molar-refractivity contribution >= 4 is 12.0 Å². The summed E-state index contributed by atoms with van der Waals surface area (Å²) < 4.78 is 12.7. The van der Waals surface area contributed by atoms with Gasteiger partial charge in [-0.3, -0.25) is 14.9 Å². The largest absolute Gasteiger partial charge is 0.298 e. The number of nitrogens with zero attached hydrogens (tertiary/aromatic N) is 1. The molecule has 76 valence electrons. The molecule has 14 heavy (non-hydrogen) atoms. The van der Waals surface area contributed by atoms with Crippen molar-refractivity contribution in [1.82, 2.24) is 0 Å². The van der Waals surface area contributed by atoms with Gasteiger partial charge < -0.3 is 0 Å². The van der Waals surface area contributed by atoms with E-state index in [4.69, 9.17) is 0 Å². The molecule has 0 fully saturated rings. The maximum atomic E-state index is 12.7. The van der Waals surface area contributed by atoms with E-state index >= 15 is 0 Å². The molecule has 5 heteroatoms. The Hall–Kier alpha value is -1.78. The standard InChI is InChI=1S/C7H4FNO3.C2H6/c8-7-3-6(9(11)12)2-1-5(7)4-10;1-2/h1-4H;1-2H3. The van der Waals surface area contributed by atoms with E-state index in [1.807, 2.05) is 13.8 Å². The molecule has 0 amide bonds. The second kappa shape index (κ2) is 5.80. The second-order valence-electron chi connectivity index (χ2n) is 2.08. The minimum atomic E-state index is -0.876. The van der Waals surface area contributed by atoms with Crippen molar-refractivity contribution in [2.24, 2.45) is 0 Å². The van der Waals surface area contributed by atoms with Crippen LogP contribution in [0.3, 0.4) is 0 Å². The number of carbonyl (C=O) groups excluding carboxylic acids is 1. The molecular formula is C9H10FNO3. The van der Waals surface area contributed by atoms with Crippen LogP contribution in [0.25, 0.3) is 0 Å². The predicted octanol–water partition coefficient (Wildman–Crippen LogP) is 2.57. The maximum absolute atomic E-state index is 12.7. The van der Waals surface area contributed by atoms with Gasteiger partial charge in [0.1, 0.15) is 5.82 Å². The molecule has 1 aromatic carbocycles. The molecule has 0 unspecified atom stereocenters. The minimum absolute atomic E-state index is 0.180. The molecule has 0 aromatic heterocycles. The lowest BCUT2D eigenvalue weighted by Gasteiger charge is -1.93. The average molecular weight is 199 g/mol. The Morgan fingerprint density at radius 1 is 1.43 bits per heavy atom. The van der Waals surface area contributed by atoms with Crippen molar-refractivity contribution in [1.29, 1.82) is 0 Å². The summed E-state index contributed by atoms with van der Waals surface area (Å²) >= 11 is 0. The van der Waals surface area contributed by atoms with Crippen LogP contribution in [0.4, 0.5) is 10.1 Å². The van der Waals surface area contributed by atoms with Crippen molar-refractivity contribution < 1.29 is 14.1 Å². The van der Waals surface area contributed by atoms with Crippen molar-refractivity contribution in [2.45, 2.75) is 13.8 Å². The number of nitro groups is 1. The number of hydrogen-bond donors (Lipinski definition) is 0. The highest BCUT2D eigenvalue weighted by molar-refractivity contribution is 5.75. The quantitative estimate of drug-likeness (QED) is 0.417. The number of rotatable bonds is 2. The number of aldehydes is 1. The molecular weight excluding hydrogens is 189 g/mol. The summed E-state index contributed by atoms with van der Waals surface area (Å²) in [5.74, 6) is -0.876. The van der Waals surface area contributed by atoms with Crippen LogP contribution >= 0.6 is 0 Å². The topological polar surface area (TPSA) is 60.2 Å². The van der Waals surface area contributed by atoms with E-state index in [-0.39, 0.29) is 11.3 Å². The first-order chi connectivity index (χ1) is 6.65. The van der Waals surface area contributed by atoms with Crippen LogP contribution in [0.5, 0.6) is 0 Å². The zero-order chi connectivity index (χ0) is 11.1. The molecule has 0 saturated heterocycles. The van der Waals surface area contributed by atoms with Gasteiger partial charge in [0.05, 0.1) is 16.6 Å². The molecule has 0 bridgehead atoms. The van der Waals surface area contributed by atoms with E-state index < -0.39 is 10.7 Å². The van der Waals surface area contributed by atoms with E-state index in [0.717, 1.165) is 12.1 Å². The van der Waals surface area contributed by atoms with Gasteiger partial charge in [0.15, 0.2) is 6.29 Å². The number of carbonyl (C=O) groups is 1. The first-order valence-electron chi connectivity index (χ1n) is 4.04. The third-order valence-corrected chi connectivity index (χ3v) is 1.32. The number of nitro benzene ring substituents is 1. The summed E-state index contributed by atoms with van der Waals surface area (Å²) in [7, 11) is 0. The summed E-state index contributed by atoms with van der Waals surface area (Å²) in [4.78, 5) is 19.5. The first kappa shape index (κ1) is 12.2. The SMILES string of the molecule is CC.O=Cc1ccc([N+](=O)[O-])cc1F. The van der Waals surface area contributed by atoms with E-state index in [1.165, 1.54) is 0 Å². The fraction of sp³-hybridized carbons (Fsp3) is 0.222. The lowest BCUT2D eigenvalue weighted by atomic mass is 10.2. The Balaban J connectivity index is 0.000000791. The Labute approximate surface area is 80.5 Å². The lowest BCUT2D eigenvalue weighted by Crippen LogP contribution is -1.92. The van der Waals surface area contributed by atoms with Crippen molar-refractivity contribution in [3.8, 4) is 0 Å². The summed E-state index contributed by atoms with van der Waals surface area (Å²) in [6.45, 7) is 4.00. The third kappa shape index (κ3) is 2.93. The molecule has 1 rings (SSSR count). The van der Waals surface area contributed by atoms with Gasteiger partial charge in [-0.05, 0) is 6.07 Å². The number of halogens is 1. The van der Waals surface area contributed by atoms with Gasteiger partial charge in [0.25, 0.3) is 5.69 Å². The van der Waals surface area contributed by atoms with Crippen LogP contribution in [0.15, 0.2) is 18.2 Å². The maximum Gasteiger partial charge on any atom is 0.272 e. The number of non-ortho nitro benzene ring substituents is 1. The smallest absolute Gasteiger partial charge is 0.272 e. The Bertz CT molecular complexity index is 339. The van der Waals surface area contributed by atoms with Gasteiger partial charge in [-0.2, -0.15) is 0 Å². The average Bonchev–Trinajstić information content (AvgIpc) is 2.20. The van der Waals surface area contributed by atoms with Crippen LogP contribution < -0.4 is 0 Å². The summed E-state index contributed by atoms with van der Waals surface area (Å²) in [5, 5.41) is 10.1.